The average Bonchev–Trinajstić information content (AvgIpc) is 3.22. The number of anilines is 1. The minimum Gasteiger partial charge on any atom is -0.394 e. The lowest BCUT2D eigenvalue weighted by Gasteiger charge is -2.24. The van der Waals surface area contributed by atoms with Gasteiger partial charge < -0.3 is 20.3 Å². The van der Waals surface area contributed by atoms with Crippen molar-refractivity contribution in [3.63, 3.8) is 0 Å². The van der Waals surface area contributed by atoms with Gasteiger partial charge in [-0.05, 0) is 19.1 Å². The fourth-order valence-corrected chi connectivity index (χ4v) is 3.25. The molecule has 1 aliphatic heterocycles. The van der Waals surface area contributed by atoms with Gasteiger partial charge in [0.25, 0.3) is 5.91 Å². The number of ether oxygens (including phenoxy) is 1. The third-order valence-corrected chi connectivity index (χ3v) is 4.78. The molecule has 3 N–H and O–H groups in total. The van der Waals surface area contributed by atoms with E-state index in [1.165, 1.54) is 24.1 Å². The van der Waals surface area contributed by atoms with Crippen molar-refractivity contribution in [2.24, 2.45) is 0 Å². The minimum atomic E-state index is -2.18. The van der Waals surface area contributed by atoms with Crippen molar-refractivity contribution in [3.8, 4) is 0 Å². The summed E-state index contributed by atoms with van der Waals surface area (Å²) in [6, 6.07) is 8.58. The van der Waals surface area contributed by atoms with Crippen molar-refractivity contribution in [1.82, 2.24) is 19.5 Å². The topological polar surface area (TPSA) is 122 Å². The smallest absolute Gasteiger partial charge is 0.256 e. The van der Waals surface area contributed by atoms with Crippen LogP contribution in [0.25, 0.3) is 11.2 Å². The molecule has 3 heterocycles. The zero-order valence-corrected chi connectivity index (χ0v) is 14.9. The first kappa shape index (κ1) is 18.4. The van der Waals surface area contributed by atoms with E-state index in [4.69, 9.17) is 4.74 Å². The lowest BCUT2D eigenvalue weighted by molar-refractivity contribution is -0.0566. The Balaban J connectivity index is 1.69. The van der Waals surface area contributed by atoms with Crippen LogP contribution < -0.4 is 5.32 Å². The molecule has 0 saturated carbocycles. The van der Waals surface area contributed by atoms with E-state index in [-0.39, 0.29) is 22.9 Å². The SMILES string of the molecule is C[C@]1(F)[C@H](O)[C@@H](CO)O[C@H]1n1cnc2c(NC(=O)c3ccccc3)ncnc21. The standard InChI is InChI=1S/C18H18FN5O4/c1-18(19)13(26)11(7-25)28-17(18)24-9-22-12-14(20-8-21-15(12)24)23-16(27)10-5-3-2-4-6-10/h2-6,8-9,11,13,17,25-26H,7H2,1H3,(H,20,21,23,27)/t11-,13-,17-,18+/m1/s1. The van der Waals surface area contributed by atoms with Gasteiger partial charge in [-0.3, -0.25) is 9.36 Å². The third-order valence-electron chi connectivity index (χ3n) is 4.78. The van der Waals surface area contributed by atoms with Crippen LogP contribution in [0.4, 0.5) is 10.2 Å². The average molecular weight is 387 g/mol. The van der Waals surface area contributed by atoms with Gasteiger partial charge in [-0.15, -0.1) is 0 Å². The van der Waals surface area contributed by atoms with E-state index in [0.29, 0.717) is 5.56 Å². The molecule has 146 valence electrons. The Morgan fingerprint density at radius 3 is 2.75 bits per heavy atom. The highest BCUT2D eigenvalue weighted by molar-refractivity contribution is 6.06. The van der Waals surface area contributed by atoms with Crippen molar-refractivity contribution in [2.45, 2.75) is 31.0 Å². The van der Waals surface area contributed by atoms with E-state index in [1.54, 1.807) is 30.3 Å². The van der Waals surface area contributed by atoms with Gasteiger partial charge in [0, 0.05) is 5.56 Å². The number of carbonyl (C=O) groups excluding carboxylic acids is 1. The van der Waals surface area contributed by atoms with Gasteiger partial charge in [0.05, 0.1) is 12.9 Å². The largest absolute Gasteiger partial charge is 0.394 e. The van der Waals surface area contributed by atoms with Crippen molar-refractivity contribution >= 4 is 22.9 Å². The lowest BCUT2D eigenvalue weighted by Crippen LogP contribution is -2.40. The monoisotopic (exact) mass is 387 g/mol. The van der Waals surface area contributed by atoms with Crippen molar-refractivity contribution < 1.29 is 24.1 Å². The molecule has 4 atom stereocenters. The molecule has 1 fully saturated rings. The predicted octanol–water partition coefficient (Wildman–Crippen LogP) is 1.06. The van der Waals surface area contributed by atoms with Crippen LogP contribution >= 0.6 is 0 Å². The zero-order chi connectivity index (χ0) is 19.9. The van der Waals surface area contributed by atoms with Crippen molar-refractivity contribution in [3.05, 3.63) is 48.5 Å². The molecule has 0 unspecified atom stereocenters. The minimum absolute atomic E-state index is 0.162. The van der Waals surface area contributed by atoms with E-state index in [9.17, 15) is 15.0 Å². The predicted molar refractivity (Wildman–Crippen MR) is 96.2 cm³/mol. The molecule has 0 bridgehead atoms. The molecular formula is C18H18FN5O4. The van der Waals surface area contributed by atoms with Gasteiger partial charge >= 0.3 is 0 Å². The molecule has 0 radical (unpaired) electrons. The number of aliphatic hydroxyl groups is 2. The molecule has 1 aliphatic rings. The Morgan fingerprint density at radius 2 is 2.07 bits per heavy atom. The van der Waals surface area contributed by atoms with E-state index in [1.807, 2.05) is 0 Å². The Labute approximate surface area is 158 Å². The van der Waals surface area contributed by atoms with Gasteiger partial charge in [-0.25, -0.2) is 19.3 Å². The number of aromatic nitrogens is 4. The molecule has 2 aromatic heterocycles. The number of benzene rings is 1. The highest BCUT2D eigenvalue weighted by atomic mass is 19.1. The summed E-state index contributed by atoms with van der Waals surface area (Å²) in [6.45, 7) is 0.653. The number of amides is 1. The van der Waals surface area contributed by atoms with Crippen LogP contribution in [0.1, 0.15) is 23.5 Å². The highest BCUT2D eigenvalue weighted by Gasteiger charge is 2.55. The van der Waals surface area contributed by atoms with Crippen LogP contribution in [0.3, 0.4) is 0 Å². The van der Waals surface area contributed by atoms with Crippen molar-refractivity contribution in [2.75, 3.05) is 11.9 Å². The first-order valence-electron chi connectivity index (χ1n) is 8.60. The molecule has 3 aromatic rings. The van der Waals surface area contributed by atoms with Gasteiger partial charge in [-0.1, -0.05) is 18.2 Å². The van der Waals surface area contributed by atoms with E-state index in [2.05, 4.69) is 20.3 Å². The summed E-state index contributed by atoms with van der Waals surface area (Å²) in [5, 5.41) is 22.0. The summed E-state index contributed by atoms with van der Waals surface area (Å²) in [5.41, 5.74) is -1.27. The molecule has 0 spiro atoms. The van der Waals surface area contributed by atoms with Crippen LogP contribution in [0.2, 0.25) is 0 Å². The number of rotatable bonds is 4. The Hall–Kier alpha value is -2.95. The van der Waals surface area contributed by atoms with Gasteiger partial charge in [0.1, 0.15) is 18.5 Å². The summed E-state index contributed by atoms with van der Waals surface area (Å²) in [7, 11) is 0. The summed E-state index contributed by atoms with van der Waals surface area (Å²) in [5.74, 6) is -0.214. The molecule has 1 aromatic carbocycles. The molecule has 1 amide bonds. The molecule has 0 aliphatic carbocycles. The summed E-state index contributed by atoms with van der Waals surface area (Å²) >= 11 is 0. The zero-order valence-electron chi connectivity index (χ0n) is 14.9. The maximum atomic E-state index is 15.1. The number of nitrogens with zero attached hydrogens (tertiary/aromatic N) is 4. The fourth-order valence-electron chi connectivity index (χ4n) is 3.25. The summed E-state index contributed by atoms with van der Waals surface area (Å²) in [4.78, 5) is 24.7. The maximum absolute atomic E-state index is 15.1. The van der Waals surface area contributed by atoms with Crippen LogP contribution in [-0.4, -0.2) is 60.1 Å². The highest BCUT2D eigenvalue weighted by Crippen LogP contribution is 2.42. The van der Waals surface area contributed by atoms with E-state index < -0.39 is 30.7 Å². The van der Waals surface area contributed by atoms with Crippen LogP contribution in [0.5, 0.6) is 0 Å². The summed E-state index contributed by atoms with van der Waals surface area (Å²) < 4.78 is 21.9. The van der Waals surface area contributed by atoms with E-state index >= 15 is 4.39 Å². The van der Waals surface area contributed by atoms with Gasteiger partial charge in [0.15, 0.2) is 28.9 Å². The number of halogens is 1. The molecule has 10 heteroatoms. The van der Waals surface area contributed by atoms with Gasteiger partial charge in [0.2, 0.25) is 0 Å². The molecule has 9 nitrogen and oxygen atoms in total. The van der Waals surface area contributed by atoms with E-state index in [0.717, 1.165) is 0 Å². The number of nitrogens with one attached hydrogen (secondary N) is 1. The first-order valence-corrected chi connectivity index (χ1v) is 8.60. The van der Waals surface area contributed by atoms with Crippen LogP contribution in [0, 0.1) is 0 Å². The molecule has 1 saturated heterocycles. The number of hydrogen-bond acceptors (Lipinski definition) is 7. The molecular weight excluding hydrogens is 369 g/mol. The molecule has 4 rings (SSSR count). The Kier molecular flexibility index (Phi) is 4.53. The normalized spacial score (nSPS) is 27.2. The third kappa shape index (κ3) is 2.91. The van der Waals surface area contributed by atoms with Gasteiger partial charge in [-0.2, -0.15) is 0 Å². The number of aliphatic hydroxyl groups excluding tert-OH is 2. The van der Waals surface area contributed by atoms with Crippen molar-refractivity contribution in [1.29, 1.82) is 0 Å². The fraction of sp³-hybridized carbons (Fsp3) is 0.333. The quantitative estimate of drug-likeness (QED) is 0.612. The summed E-state index contributed by atoms with van der Waals surface area (Å²) in [6.07, 6.45) is -1.33. The second-order valence-corrected chi connectivity index (χ2v) is 6.67. The van der Waals surface area contributed by atoms with Crippen LogP contribution in [-0.2, 0) is 4.74 Å². The van der Waals surface area contributed by atoms with Crippen LogP contribution in [0.15, 0.2) is 43.0 Å². The Bertz CT molecular complexity index is 1010. The maximum Gasteiger partial charge on any atom is 0.256 e. The second-order valence-electron chi connectivity index (χ2n) is 6.67. The number of alkyl halides is 1. The number of hydrogen-bond donors (Lipinski definition) is 3. The number of fused-ring (bicyclic) bond motifs is 1. The number of carbonyl (C=O) groups is 1. The molecule has 28 heavy (non-hydrogen) atoms. The number of imidazole rings is 1. The lowest BCUT2D eigenvalue weighted by atomic mass is 9.98. The first-order chi connectivity index (χ1) is 13.4. The second kappa shape index (κ2) is 6.89. The Morgan fingerprint density at radius 1 is 1.32 bits per heavy atom.